The van der Waals surface area contributed by atoms with Gasteiger partial charge >= 0.3 is 5.97 Å². The van der Waals surface area contributed by atoms with Gasteiger partial charge in [-0.3, -0.25) is 13.8 Å². The molecule has 0 aliphatic carbocycles. The maximum absolute atomic E-state index is 12.0. The summed E-state index contributed by atoms with van der Waals surface area (Å²) < 4.78 is 16.5. The van der Waals surface area contributed by atoms with Gasteiger partial charge in [-0.1, -0.05) is 11.6 Å². The van der Waals surface area contributed by atoms with Crippen LogP contribution in [-0.2, 0) is 26.9 Å². The molecular weight excluding hydrogens is 318 g/mol. The first-order valence-corrected chi connectivity index (χ1v) is 8.34. The van der Waals surface area contributed by atoms with Gasteiger partial charge in [-0.05, 0) is 13.3 Å². The molecule has 1 aromatic rings. The number of ether oxygens (including phenoxy) is 1. The Labute approximate surface area is 130 Å². The van der Waals surface area contributed by atoms with Gasteiger partial charge < -0.3 is 10.1 Å². The van der Waals surface area contributed by atoms with Gasteiger partial charge in [0.05, 0.1) is 19.0 Å². The molecule has 1 rings (SSSR count). The zero-order valence-electron chi connectivity index (χ0n) is 12.1. The average molecular weight is 336 g/mol. The number of rotatable bonds is 7. The van der Waals surface area contributed by atoms with Crippen molar-refractivity contribution in [2.75, 3.05) is 24.4 Å². The molecule has 1 aromatic heterocycles. The molecule has 0 fully saturated rings. The van der Waals surface area contributed by atoms with Crippen LogP contribution in [-0.4, -0.2) is 45.1 Å². The number of carbonyl (C=O) groups is 1. The van der Waals surface area contributed by atoms with Crippen molar-refractivity contribution in [2.24, 2.45) is 0 Å². The highest BCUT2D eigenvalue weighted by Gasteiger charge is 2.13. The van der Waals surface area contributed by atoms with Crippen LogP contribution in [0.4, 0.5) is 5.69 Å². The lowest BCUT2D eigenvalue weighted by molar-refractivity contribution is -0.141. The number of hydrogen-bond acceptors (Lipinski definition) is 6. The van der Waals surface area contributed by atoms with Gasteiger partial charge in [-0.15, -0.1) is 0 Å². The van der Waals surface area contributed by atoms with Crippen LogP contribution in [0.2, 0.25) is 5.02 Å². The minimum Gasteiger partial charge on any atom is -0.468 e. The van der Waals surface area contributed by atoms with Crippen LogP contribution in [0, 0.1) is 0 Å². The van der Waals surface area contributed by atoms with E-state index in [1.165, 1.54) is 13.3 Å². The lowest BCUT2D eigenvalue weighted by Gasteiger charge is -2.15. The maximum atomic E-state index is 12.0. The second kappa shape index (κ2) is 8.14. The highest BCUT2D eigenvalue weighted by molar-refractivity contribution is 7.84. The Hall–Kier alpha value is -1.41. The number of aromatic nitrogens is 2. The highest BCUT2D eigenvalue weighted by Crippen LogP contribution is 2.17. The Kier molecular flexibility index (Phi) is 6.83. The molecule has 0 spiro atoms. The number of esters is 1. The number of anilines is 1. The third-order valence-electron chi connectivity index (χ3n) is 2.73. The fraction of sp³-hybridized carbons (Fsp3) is 0.583. The summed E-state index contributed by atoms with van der Waals surface area (Å²) >= 11 is 5.98. The normalized spacial score (nSPS) is 13.5. The number of hydrogen-bond donors (Lipinski definition) is 1. The third kappa shape index (κ3) is 5.47. The van der Waals surface area contributed by atoms with Crippen LogP contribution in [0.5, 0.6) is 0 Å². The molecule has 1 heterocycles. The summed E-state index contributed by atoms with van der Waals surface area (Å²) in [6, 6.07) is -0.0101. The van der Waals surface area contributed by atoms with Crippen molar-refractivity contribution < 1.29 is 13.7 Å². The number of halogens is 1. The summed E-state index contributed by atoms with van der Waals surface area (Å²) in [5, 5.41) is 6.87. The summed E-state index contributed by atoms with van der Waals surface area (Å²) in [6.07, 6.45) is 3.69. The van der Waals surface area contributed by atoms with Crippen molar-refractivity contribution in [3.63, 3.8) is 0 Å². The second-order valence-electron chi connectivity index (χ2n) is 4.52. The molecule has 9 heteroatoms. The fourth-order valence-corrected chi connectivity index (χ4v) is 2.43. The van der Waals surface area contributed by atoms with Crippen molar-refractivity contribution in [3.05, 3.63) is 21.6 Å². The van der Waals surface area contributed by atoms with Crippen LogP contribution >= 0.6 is 11.6 Å². The third-order valence-corrected chi connectivity index (χ3v) is 3.91. The Bertz CT molecular complexity index is 590. The predicted molar refractivity (Wildman–Crippen MR) is 82.2 cm³/mol. The number of methoxy groups -OCH3 is 1. The molecule has 21 heavy (non-hydrogen) atoms. The molecule has 0 saturated carbocycles. The molecular formula is C12H18ClN3O4S. The van der Waals surface area contributed by atoms with Gasteiger partial charge in [0.2, 0.25) is 0 Å². The first kappa shape index (κ1) is 17.6. The maximum Gasteiger partial charge on any atom is 0.327 e. The fourth-order valence-electron chi connectivity index (χ4n) is 1.55. The van der Waals surface area contributed by atoms with Crippen molar-refractivity contribution >= 4 is 34.1 Å². The quantitative estimate of drug-likeness (QED) is 0.735. The molecule has 0 amide bonds. The molecule has 0 aliphatic rings. The van der Waals surface area contributed by atoms with E-state index in [1.54, 1.807) is 6.26 Å². The van der Waals surface area contributed by atoms with Crippen molar-refractivity contribution in [2.45, 2.75) is 25.9 Å². The standard InChI is InChI=1S/C12H18ClN3O4S/c1-8(4-5-21(3)19)15-9-6-14-16(7-10(17)20-2)12(18)11(9)13/h6,8,15H,4-5,7H2,1-3H3. The Morgan fingerprint density at radius 3 is 2.86 bits per heavy atom. The first-order chi connectivity index (χ1) is 9.85. The second-order valence-corrected chi connectivity index (χ2v) is 6.46. The lowest BCUT2D eigenvalue weighted by Crippen LogP contribution is -2.29. The summed E-state index contributed by atoms with van der Waals surface area (Å²) in [5.41, 5.74) is -0.185. The van der Waals surface area contributed by atoms with Crippen LogP contribution in [0.3, 0.4) is 0 Å². The van der Waals surface area contributed by atoms with E-state index in [9.17, 15) is 13.8 Å². The Balaban J connectivity index is 2.82. The van der Waals surface area contributed by atoms with Crippen molar-refractivity contribution in [3.8, 4) is 0 Å². The SMILES string of the molecule is COC(=O)Cn1ncc(NC(C)CCS(C)=O)c(Cl)c1=O. The molecule has 0 aliphatic heterocycles. The van der Waals surface area contributed by atoms with E-state index in [2.05, 4.69) is 15.2 Å². The molecule has 1 N–H and O–H groups in total. The summed E-state index contributed by atoms with van der Waals surface area (Å²) in [7, 11) is 0.355. The minimum atomic E-state index is -0.871. The number of carbonyl (C=O) groups excluding carboxylic acids is 1. The monoisotopic (exact) mass is 335 g/mol. The highest BCUT2D eigenvalue weighted by atomic mass is 35.5. The summed E-state index contributed by atoms with van der Waals surface area (Å²) in [6.45, 7) is 1.60. The van der Waals surface area contributed by atoms with Crippen LogP contribution in [0.1, 0.15) is 13.3 Å². The molecule has 0 saturated heterocycles. The van der Waals surface area contributed by atoms with E-state index in [0.717, 1.165) is 4.68 Å². The molecule has 2 unspecified atom stereocenters. The van der Waals surface area contributed by atoms with Crippen LogP contribution in [0.25, 0.3) is 0 Å². The van der Waals surface area contributed by atoms with Crippen LogP contribution in [0.15, 0.2) is 11.0 Å². The zero-order valence-corrected chi connectivity index (χ0v) is 13.7. The van der Waals surface area contributed by atoms with E-state index in [-0.39, 0.29) is 17.6 Å². The van der Waals surface area contributed by atoms with E-state index in [4.69, 9.17) is 11.6 Å². The van der Waals surface area contributed by atoms with Gasteiger partial charge in [0, 0.05) is 28.9 Å². The topological polar surface area (TPSA) is 90.3 Å². The Morgan fingerprint density at radius 1 is 1.62 bits per heavy atom. The lowest BCUT2D eigenvalue weighted by atomic mass is 10.2. The molecule has 0 bridgehead atoms. The Morgan fingerprint density at radius 2 is 2.29 bits per heavy atom. The van der Waals surface area contributed by atoms with E-state index < -0.39 is 22.3 Å². The van der Waals surface area contributed by atoms with Gasteiger partial charge in [-0.2, -0.15) is 5.10 Å². The van der Waals surface area contributed by atoms with E-state index in [0.29, 0.717) is 17.9 Å². The minimum absolute atomic E-state index is 0.0101. The summed E-state index contributed by atoms with van der Waals surface area (Å²) in [4.78, 5) is 23.1. The largest absolute Gasteiger partial charge is 0.468 e. The van der Waals surface area contributed by atoms with Crippen LogP contribution < -0.4 is 10.9 Å². The number of nitrogens with one attached hydrogen (secondary N) is 1. The number of nitrogens with zero attached hydrogens (tertiary/aromatic N) is 2. The van der Waals surface area contributed by atoms with Crippen molar-refractivity contribution in [1.29, 1.82) is 0 Å². The van der Waals surface area contributed by atoms with E-state index in [1.807, 2.05) is 6.92 Å². The average Bonchev–Trinajstić information content (AvgIpc) is 2.44. The van der Waals surface area contributed by atoms with Gasteiger partial charge in [-0.25, -0.2) is 4.68 Å². The summed E-state index contributed by atoms with van der Waals surface area (Å²) in [5.74, 6) is -0.0290. The first-order valence-electron chi connectivity index (χ1n) is 6.24. The molecule has 0 radical (unpaired) electrons. The molecule has 7 nitrogen and oxygen atoms in total. The predicted octanol–water partition coefficient (Wildman–Crippen LogP) is 0.639. The van der Waals surface area contributed by atoms with Gasteiger partial charge in [0.1, 0.15) is 11.6 Å². The molecule has 2 atom stereocenters. The molecule has 0 aromatic carbocycles. The van der Waals surface area contributed by atoms with Crippen molar-refractivity contribution in [1.82, 2.24) is 9.78 Å². The smallest absolute Gasteiger partial charge is 0.327 e. The van der Waals surface area contributed by atoms with Gasteiger partial charge in [0.15, 0.2) is 0 Å². The zero-order chi connectivity index (χ0) is 16.0. The van der Waals surface area contributed by atoms with Gasteiger partial charge in [0.25, 0.3) is 5.56 Å². The van der Waals surface area contributed by atoms with E-state index >= 15 is 0 Å². The molecule has 118 valence electrons.